The largest absolute Gasteiger partial charge is 0.481 e. The van der Waals surface area contributed by atoms with Gasteiger partial charge in [0.1, 0.15) is 5.82 Å². The van der Waals surface area contributed by atoms with Gasteiger partial charge in [0.25, 0.3) is 0 Å². The monoisotopic (exact) mass is 305 g/mol. The van der Waals surface area contributed by atoms with Crippen LogP contribution in [0, 0.1) is 17.7 Å². The van der Waals surface area contributed by atoms with Crippen molar-refractivity contribution in [3.8, 4) is 0 Å². The molecule has 2 aliphatic carbocycles. The second-order valence-electron chi connectivity index (χ2n) is 6.48. The van der Waals surface area contributed by atoms with Crippen LogP contribution in [0.1, 0.15) is 44.1 Å². The first-order valence-corrected chi connectivity index (χ1v) is 7.81. The molecule has 5 heteroatoms. The molecule has 3 rings (SSSR count). The predicted octanol–water partition coefficient (Wildman–Crippen LogP) is 2.82. The van der Waals surface area contributed by atoms with Crippen molar-refractivity contribution < 1.29 is 19.1 Å². The Labute approximate surface area is 128 Å². The fraction of sp³-hybridized carbons (Fsp3) is 0.529. The molecule has 2 saturated carbocycles. The zero-order valence-corrected chi connectivity index (χ0v) is 12.3. The summed E-state index contributed by atoms with van der Waals surface area (Å²) in [4.78, 5) is 23.6. The first-order valence-electron chi connectivity index (χ1n) is 7.81. The number of hydrogen-bond acceptors (Lipinski definition) is 2. The van der Waals surface area contributed by atoms with Gasteiger partial charge in [-0.2, -0.15) is 0 Å². The van der Waals surface area contributed by atoms with Gasteiger partial charge >= 0.3 is 5.97 Å². The summed E-state index contributed by atoms with van der Waals surface area (Å²) < 4.78 is 13.0. The highest BCUT2D eigenvalue weighted by Gasteiger charge is 2.46. The smallest absolute Gasteiger partial charge is 0.306 e. The van der Waals surface area contributed by atoms with Gasteiger partial charge in [-0.3, -0.25) is 9.59 Å². The molecular formula is C17H20FNO3. The van der Waals surface area contributed by atoms with Crippen LogP contribution in [0.3, 0.4) is 0 Å². The topological polar surface area (TPSA) is 66.4 Å². The number of carboxylic acids is 1. The van der Waals surface area contributed by atoms with E-state index in [0.29, 0.717) is 12.8 Å². The Kier molecular flexibility index (Phi) is 3.89. The van der Waals surface area contributed by atoms with Crippen molar-refractivity contribution in [2.24, 2.45) is 11.8 Å². The second kappa shape index (κ2) is 5.71. The third-order valence-corrected chi connectivity index (χ3v) is 4.90. The lowest BCUT2D eigenvalue weighted by molar-refractivity contribution is -0.144. The molecule has 0 spiro atoms. The summed E-state index contributed by atoms with van der Waals surface area (Å²) in [6, 6.07) is 6.23. The van der Waals surface area contributed by atoms with Gasteiger partial charge in [-0.05, 0) is 49.8 Å². The highest BCUT2D eigenvalue weighted by atomic mass is 19.1. The number of benzene rings is 1. The minimum Gasteiger partial charge on any atom is -0.481 e. The van der Waals surface area contributed by atoms with E-state index in [4.69, 9.17) is 5.11 Å². The molecule has 0 heterocycles. The number of amides is 1. The van der Waals surface area contributed by atoms with E-state index in [9.17, 15) is 14.0 Å². The van der Waals surface area contributed by atoms with Crippen LogP contribution < -0.4 is 5.32 Å². The maximum Gasteiger partial charge on any atom is 0.306 e. The molecule has 0 aromatic heterocycles. The summed E-state index contributed by atoms with van der Waals surface area (Å²) in [5.74, 6) is -1.80. The molecule has 2 unspecified atom stereocenters. The van der Waals surface area contributed by atoms with Crippen LogP contribution in [0.25, 0.3) is 0 Å². The van der Waals surface area contributed by atoms with Gasteiger partial charge in [0, 0.05) is 5.92 Å². The van der Waals surface area contributed by atoms with Crippen LogP contribution in [0.4, 0.5) is 4.39 Å². The van der Waals surface area contributed by atoms with E-state index >= 15 is 0 Å². The van der Waals surface area contributed by atoms with Crippen LogP contribution in [0.2, 0.25) is 0 Å². The van der Waals surface area contributed by atoms with Gasteiger partial charge in [-0.15, -0.1) is 0 Å². The minimum atomic E-state index is -0.808. The number of nitrogens with one attached hydrogen (secondary N) is 1. The highest BCUT2D eigenvalue weighted by Crippen LogP contribution is 2.46. The van der Waals surface area contributed by atoms with Crippen molar-refractivity contribution in [3.05, 3.63) is 35.6 Å². The number of carbonyl (C=O) groups is 2. The van der Waals surface area contributed by atoms with E-state index in [1.165, 1.54) is 12.1 Å². The summed E-state index contributed by atoms with van der Waals surface area (Å²) in [6.45, 7) is 0. The predicted molar refractivity (Wildman–Crippen MR) is 78.5 cm³/mol. The van der Waals surface area contributed by atoms with Crippen LogP contribution >= 0.6 is 0 Å². The molecule has 0 bridgehead atoms. The summed E-state index contributed by atoms with van der Waals surface area (Å²) in [5.41, 5.74) is 0.550. The summed E-state index contributed by atoms with van der Waals surface area (Å²) in [7, 11) is 0. The Morgan fingerprint density at radius 1 is 1.14 bits per heavy atom. The molecule has 22 heavy (non-hydrogen) atoms. The molecule has 0 aliphatic heterocycles. The molecule has 1 aromatic carbocycles. The maximum atomic E-state index is 13.0. The molecular weight excluding hydrogens is 285 g/mol. The molecule has 118 valence electrons. The molecule has 1 amide bonds. The normalized spacial score (nSPS) is 26.2. The number of rotatable bonds is 4. The van der Waals surface area contributed by atoms with Crippen molar-refractivity contribution in [3.63, 3.8) is 0 Å². The average Bonchev–Trinajstić information content (AvgIpc) is 3.28. The van der Waals surface area contributed by atoms with E-state index in [1.54, 1.807) is 12.1 Å². The van der Waals surface area contributed by atoms with E-state index in [2.05, 4.69) is 5.32 Å². The number of carbonyl (C=O) groups excluding carboxylic acids is 1. The highest BCUT2D eigenvalue weighted by molar-refractivity contribution is 5.81. The van der Waals surface area contributed by atoms with Crippen LogP contribution in [0.5, 0.6) is 0 Å². The Morgan fingerprint density at radius 3 is 2.36 bits per heavy atom. The number of hydrogen-bond donors (Lipinski definition) is 2. The molecule has 2 fully saturated rings. The number of halogens is 1. The SMILES string of the molecule is O=C(O)C1CCCC(C(=O)NC2(c3ccc(F)cc3)CC2)C1. The Morgan fingerprint density at radius 2 is 1.77 bits per heavy atom. The zero-order chi connectivity index (χ0) is 15.7. The van der Waals surface area contributed by atoms with E-state index < -0.39 is 11.9 Å². The first kappa shape index (κ1) is 15.0. The van der Waals surface area contributed by atoms with Crippen molar-refractivity contribution in [1.82, 2.24) is 5.32 Å². The van der Waals surface area contributed by atoms with Crippen LogP contribution in [-0.2, 0) is 15.1 Å². The lowest BCUT2D eigenvalue weighted by Crippen LogP contribution is -2.41. The summed E-state index contributed by atoms with van der Waals surface area (Å²) >= 11 is 0. The molecule has 1 aromatic rings. The first-order chi connectivity index (χ1) is 10.5. The van der Waals surface area contributed by atoms with Crippen molar-refractivity contribution in [2.75, 3.05) is 0 Å². The van der Waals surface area contributed by atoms with E-state index in [1.807, 2.05) is 0 Å². The van der Waals surface area contributed by atoms with E-state index in [-0.39, 0.29) is 23.2 Å². The van der Waals surface area contributed by atoms with Crippen molar-refractivity contribution in [1.29, 1.82) is 0 Å². The molecule has 2 aliphatic rings. The number of carboxylic acid groups (broad SMARTS) is 1. The minimum absolute atomic E-state index is 0.0622. The van der Waals surface area contributed by atoms with Crippen molar-refractivity contribution >= 4 is 11.9 Å². The van der Waals surface area contributed by atoms with Gasteiger partial charge in [0.05, 0.1) is 11.5 Å². The van der Waals surface area contributed by atoms with Crippen molar-refractivity contribution in [2.45, 2.75) is 44.1 Å². The third-order valence-electron chi connectivity index (χ3n) is 4.90. The summed E-state index contributed by atoms with van der Waals surface area (Å²) in [6.07, 6.45) is 4.29. The fourth-order valence-electron chi connectivity index (χ4n) is 3.37. The average molecular weight is 305 g/mol. The molecule has 0 radical (unpaired) electrons. The fourth-order valence-corrected chi connectivity index (χ4v) is 3.37. The zero-order valence-electron chi connectivity index (χ0n) is 12.3. The molecule has 0 saturated heterocycles. The van der Waals surface area contributed by atoms with Crippen LogP contribution in [-0.4, -0.2) is 17.0 Å². The van der Waals surface area contributed by atoms with Gasteiger partial charge in [0.2, 0.25) is 5.91 Å². The third kappa shape index (κ3) is 2.98. The van der Waals surface area contributed by atoms with E-state index in [0.717, 1.165) is 31.2 Å². The van der Waals surface area contributed by atoms with Gasteiger partial charge in [-0.1, -0.05) is 18.6 Å². The van der Waals surface area contributed by atoms with Crippen LogP contribution in [0.15, 0.2) is 24.3 Å². The Bertz CT molecular complexity index is 580. The number of aliphatic carboxylic acids is 1. The second-order valence-corrected chi connectivity index (χ2v) is 6.48. The Balaban J connectivity index is 1.66. The quantitative estimate of drug-likeness (QED) is 0.899. The Hall–Kier alpha value is -1.91. The van der Waals surface area contributed by atoms with Gasteiger partial charge in [0.15, 0.2) is 0 Å². The van der Waals surface area contributed by atoms with Gasteiger partial charge < -0.3 is 10.4 Å². The maximum absolute atomic E-state index is 13.0. The molecule has 2 atom stereocenters. The van der Waals surface area contributed by atoms with Gasteiger partial charge in [-0.25, -0.2) is 4.39 Å². The molecule has 4 nitrogen and oxygen atoms in total. The molecule has 2 N–H and O–H groups in total. The lowest BCUT2D eigenvalue weighted by Gasteiger charge is -2.28. The standard InChI is InChI=1S/C17H20FNO3/c18-14-6-4-13(5-7-14)17(8-9-17)19-15(20)11-2-1-3-12(10-11)16(21)22/h4-7,11-12H,1-3,8-10H2,(H,19,20)(H,21,22). The summed E-state index contributed by atoms with van der Waals surface area (Å²) in [5, 5.41) is 12.2. The lowest BCUT2D eigenvalue weighted by atomic mass is 9.81.